The number of halogens is 2. The normalized spacial score (nSPS) is 12.1. The van der Waals surface area contributed by atoms with Crippen LogP contribution >= 0.6 is 27.7 Å². The van der Waals surface area contributed by atoms with Crippen molar-refractivity contribution in [2.45, 2.75) is 37.2 Å². The second-order valence-electron chi connectivity index (χ2n) is 6.24. The molecule has 0 aliphatic carbocycles. The minimum atomic E-state index is -0.570. The summed E-state index contributed by atoms with van der Waals surface area (Å²) in [6.07, 6.45) is 0.762. The second kappa shape index (κ2) is 8.87. The van der Waals surface area contributed by atoms with Crippen molar-refractivity contribution in [3.05, 3.63) is 63.1 Å². The highest BCUT2D eigenvalue weighted by Crippen LogP contribution is 2.25. The van der Waals surface area contributed by atoms with Crippen molar-refractivity contribution in [3.63, 3.8) is 0 Å². The molecule has 0 aliphatic rings. The quantitative estimate of drug-likeness (QED) is 0.420. The molecule has 5 nitrogen and oxygen atoms in total. The second-order valence-corrected chi connectivity index (χ2v) is 8.47. The number of aromatic nitrogens is 2. The predicted molar refractivity (Wildman–Crippen MR) is 114 cm³/mol. The minimum Gasteiger partial charge on any atom is -0.323 e. The Hall–Kier alpha value is -2.19. The van der Waals surface area contributed by atoms with Crippen LogP contribution < -0.4 is 10.9 Å². The van der Waals surface area contributed by atoms with E-state index >= 15 is 0 Å². The molecule has 0 bridgehead atoms. The molecule has 0 saturated carbocycles. The fourth-order valence-electron chi connectivity index (χ4n) is 2.70. The van der Waals surface area contributed by atoms with Gasteiger partial charge in [-0.3, -0.25) is 14.2 Å². The lowest BCUT2D eigenvalue weighted by Crippen LogP contribution is -2.27. The van der Waals surface area contributed by atoms with Crippen LogP contribution in [0.4, 0.5) is 10.1 Å². The molecule has 3 aromatic rings. The van der Waals surface area contributed by atoms with Gasteiger partial charge in [0, 0.05) is 11.0 Å². The summed E-state index contributed by atoms with van der Waals surface area (Å²) >= 11 is 4.37. The molecule has 0 aliphatic heterocycles. The molecule has 2 aromatic carbocycles. The third kappa shape index (κ3) is 4.44. The van der Waals surface area contributed by atoms with Crippen LogP contribution in [0.1, 0.15) is 20.3 Å². The first-order valence-corrected chi connectivity index (χ1v) is 10.5. The standard InChI is InChI=1S/C20H19BrFN3O2S/c1-3-10-25-19(27)14-6-4-5-7-16(14)24-20(25)28-12(2)18(26)23-17-9-8-13(21)11-15(17)22/h4-9,11-12H,3,10H2,1-2H3,(H,23,26). The highest BCUT2D eigenvalue weighted by Gasteiger charge is 2.20. The molecule has 0 spiro atoms. The van der Waals surface area contributed by atoms with Gasteiger partial charge in [-0.2, -0.15) is 0 Å². The Morgan fingerprint density at radius 1 is 1.32 bits per heavy atom. The number of thioether (sulfide) groups is 1. The third-order valence-corrected chi connectivity index (χ3v) is 5.70. The number of hydrogen-bond donors (Lipinski definition) is 1. The average Bonchev–Trinajstić information content (AvgIpc) is 2.67. The van der Waals surface area contributed by atoms with Crippen LogP contribution in [0.25, 0.3) is 10.9 Å². The molecule has 1 N–H and O–H groups in total. The number of carbonyl (C=O) groups excluding carboxylic acids is 1. The molecular formula is C20H19BrFN3O2S. The van der Waals surface area contributed by atoms with E-state index in [1.165, 1.54) is 23.9 Å². The highest BCUT2D eigenvalue weighted by molar-refractivity contribution is 9.10. The van der Waals surface area contributed by atoms with Gasteiger partial charge < -0.3 is 5.32 Å². The summed E-state index contributed by atoms with van der Waals surface area (Å²) in [6.45, 7) is 4.19. The molecule has 0 radical (unpaired) electrons. The maximum absolute atomic E-state index is 14.0. The smallest absolute Gasteiger partial charge is 0.262 e. The number of benzene rings is 2. The van der Waals surface area contributed by atoms with E-state index in [9.17, 15) is 14.0 Å². The van der Waals surface area contributed by atoms with E-state index in [0.29, 0.717) is 27.1 Å². The summed E-state index contributed by atoms with van der Waals surface area (Å²) < 4.78 is 16.2. The number of para-hydroxylation sites is 1. The van der Waals surface area contributed by atoms with Crippen molar-refractivity contribution in [1.82, 2.24) is 9.55 Å². The van der Waals surface area contributed by atoms with Crippen molar-refractivity contribution in [2.75, 3.05) is 5.32 Å². The molecule has 1 heterocycles. The van der Waals surface area contributed by atoms with E-state index in [0.717, 1.165) is 6.42 Å². The summed E-state index contributed by atoms with van der Waals surface area (Å²) in [6, 6.07) is 11.6. The van der Waals surface area contributed by atoms with Crippen molar-refractivity contribution < 1.29 is 9.18 Å². The van der Waals surface area contributed by atoms with E-state index < -0.39 is 11.1 Å². The van der Waals surface area contributed by atoms with Crippen molar-refractivity contribution in [1.29, 1.82) is 0 Å². The Labute approximate surface area is 174 Å². The van der Waals surface area contributed by atoms with Crippen LogP contribution in [-0.4, -0.2) is 20.7 Å². The minimum absolute atomic E-state index is 0.109. The predicted octanol–water partition coefficient (Wildman–Crippen LogP) is 4.83. The van der Waals surface area contributed by atoms with Gasteiger partial charge in [-0.05, 0) is 43.7 Å². The number of anilines is 1. The summed E-state index contributed by atoms with van der Waals surface area (Å²) in [7, 11) is 0. The molecule has 0 fully saturated rings. The van der Waals surface area contributed by atoms with Gasteiger partial charge >= 0.3 is 0 Å². The molecule has 1 atom stereocenters. The number of fused-ring (bicyclic) bond motifs is 1. The molecule has 1 amide bonds. The van der Waals surface area contributed by atoms with Crippen LogP contribution in [0.3, 0.4) is 0 Å². The molecule has 1 unspecified atom stereocenters. The number of carbonyl (C=O) groups is 1. The molecule has 1 aromatic heterocycles. The van der Waals surface area contributed by atoms with E-state index in [1.54, 1.807) is 35.8 Å². The zero-order chi connectivity index (χ0) is 20.3. The van der Waals surface area contributed by atoms with Crippen molar-refractivity contribution >= 4 is 50.2 Å². The Morgan fingerprint density at radius 3 is 2.79 bits per heavy atom. The topological polar surface area (TPSA) is 64.0 Å². The lowest BCUT2D eigenvalue weighted by atomic mass is 10.2. The van der Waals surface area contributed by atoms with Gasteiger partial charge in [-0.25, -0.2) is 9.37 Å². The highest BCUT2D eigenvalue weighted by atomic mass is 79.9. The average molecular weight is 464 g/mol. The first kappa shape index (κ1) is 20.5. The Kier molecular flexibility index (Phi) is 6.51. The van der Waals surface area contributed by atoms with Gasteiger partial charge in [-0.15, -0.1) is 0 Å². The Bertz CT molecular complexity index is 1090. The maximum Gasteiger partial charge on any atom is 0.262 e. The monoisotopic (exact) mass is 463 g/mol. The Morgan fingerprint density at radius 2 is 2.07 bits per heavy atom. The van der Waals surface area contributed by atoms with E-state index in [1.807, 2.05) is 13.0 Å². The van der Waals surface area contributed by atoms with Crippen LogP contribution in [-0.2, 0) is 11.3 Å². The van der Waals surface area contributed by atoms with E-state index in [2.05, 4.69) is 26.2 Å². The van der Waals surface area contributed by atoms with Crippen molar-refractivity contribution in [3.8, 4) is 0 Å². The summed E-state index contributed by atoms with van der Waals surface area (Å²) in [5.41, 5.74) is 0.577. The van der Waals surface area contributed by atoms with Crippen LogP contribution in [0.2, 0.25) is 0 Å². The number of amides is 1. The van der Waals surface area contributed by atoms with Crippen LogP contribution in [0.5, 0.6) is 0 Å². The van der Waals surface area contributed by atoms with E-state index in [-0.39, 0.29) is 17.2 Å². The lowest BCUT2D eigenvalue weighted by Gasteiger charge is -2.16. The largest absolute Gasteiger partial charge is 0.323 e. The first-order chi connectivity index (χ1) is 13.4. The first-order valence-electron chi connectivity index (χ1n) is 8.83. The fourth-order valence-corrected chi connectivity index (χ4v) is 3.96. The number of nitrogens with zero attached hydrogens (tertiary/aromatic N) is 2. The molecule has 28 heavy (non-hydrogen) atoms. The zero-order valence-electron chi connectivity index (χ0n) is 15.4. The zero-order valence-corrected chi connectivity index (χ0v) is 17.8. The third-order valence-electron chi connectivity index (χ3n) is 4.11. The molecular weight excluding hydrogens is 445 g/mol. The SMILES string of the molecule is CCCn1c(SC(C)C(=O)Nc2ccc(Br)cc2F)nc2ccccc2c1=O. The van der Waals surface area contributed by atoms with Gasteiger partial charge in [0.2, 0.25) is 5.91 Å². The summed E-state index contributed by atoms with van der Waals surface area (Å²) in [5, 5.41) is 3.05. The summed E-state index contributed by atoms with van der Waals surface area (Å²) in [5.74, 6) is -0.886. The summed E-state index contributed by atoms with van der Waals surface area (Å²) in [4.78, 5) is 29.9. The van der Waals surface area contributed by atoms with Crippen LogP contribution in [0.15, 0.2) is 56.9 Å². The van der Waals surface area contributed by atoms with Crippen molar-refractivity contribution in [2.24, 2.45) is 0 Å². The maximum atomic E-state index is 14.0. The molecule has 146 valence electrons. The van der Waals surface area contributed by atoms with Gasteiger partial charge in [-0.1, -0.05) is 46.7 Å². The number of nitrogens with one attached hydrogen (secondary N) is 1. The van der Waals surface area contributed by atoms with E-state index in [4.69, 9.17) is 0 Å². The van der Waals surface area contributed by atoms with Gasteiger partial charge in [0.05, 0.1) is 21.8 Å². The molecule has 8 heteroatoms. The van der Waals surface area contributed by atoms with Gasteiger partial charge in [0.15, 0.2) is 5.16 Å². The fraction of sp³-hybridized carbons (Fsp3) is 0.250. The van der Waals surface area contributed by atoms with Gasteiger partial charge in [0.1, 0.15) is 5.82 Å². The van der Waals surface area contributed by atoms with Crippen LogP contribution in [0, 0.1) is 5.82 Å². The van der Waals surface area contributed by atoms with Gasteiger partial charge in [0.25, 0.3) is 5.56 Å². The number of rotatable bonds is 6. The Balaban J connectivity index is 1.87. The lowest BCUT2D eigenvalue weighted by molar-refractivity contribution is -0.115. The molecule has 3 rings (SSSR count). The number of hydrogen-bond acceptors (Lipinski definition) is 4. The molecule has 0 saturated heterocycles.